The van der Waals surface area contributed by atoms with Crippen LogP contribution in [-0.4, -0.2) is 13.7 Å². The van der Waals surface area contributed by atoms with Crippen LogP contribution in [0.15, 0.2) is 80.9 Å². The highest BCUT2D eigenvalue weighted by Crippen LogP contribution is 2.45. The maximum atomic E-state index is 13.6. The Kier molecular flexibility index (Phi) is 4.04. The third-order valence-electron chi connectivity index (χ3n) is 6.48. The van der Waals surface area contributed by atoms with Gasteiger partial charge in [0.2, 0.25) is 0 Å². The van der Waals surface area contributed by atoms with E-state index in [1.807, 2.05) is 67.6 Å². The summed E-state index contributed by atoms with van der Waals surface area (Å²) in [6.07, 6.45) is 1.63. The number of anilines is 1. The molecule has 7 nitrogen and oxygen atoms in total. The van der Waals surface area contributed by atoms with Crippen molar-refractivity contribution >= 4 is 16.6 Å². The lowest BCUT2D eigenvalue weighted by Crippen LogP contribution is -2.37. The molecule has 0 fully saturated rings. The summed E-state index contributed by atoms with van der Waals surface area (Å²) in [6, 6.07) is 19.4. The number of nitrogens with zero attached hydrogens (tertiary/aromatic N) is 3. The van der Waals surface area contributed by atoms with Crippen molar-refractivity contribution in [2.45, 2.75) is 13.0 Å². The molecule has 7 heteroatoms. The SMILES string of the molecule is Cc1ccc(-c2c3c(=O)n(C)c(=O)n(C)c3c3n2-c2ccccc2N[C@@H]3c2ccco2)cc1. The number of aryl methyl sites for hydroxylation is 2. The first kappa shape index (κ1) is 19.4. The largest absolute Gasteiger partial charge is 0.467 e. The Bertz CT molecular complexity index is 1650. The molecule has 33 heavy (non-hydrogen) atoms. The molecule has 3 aromatic heterocycles. The molecule has 1 N–H and O–H groups in total. The van der Waals surface area contributed by atoms with Crippen molar-refractivity contribution in [3.05, 3.63) is 105 Å². The summed E-state index contributed by atoms with van der Waals surface area (Å²) in [7, 11) is 3.24. The minimum absolute atomic E-state index is 0.318. The fourth-order valence-corrected chi connectivity index (χ4v) is 4.87. The minimum atomic E-state index is -0.380. The maximum absolute atomic E-state index is 13.6. The van der Waals surface area contributed by atoms with Gasteiger partial charge in [0.1, 0.15) is 11.8 Å². The number of aromatic nitrogens is 3. The summed E-state index contributed by atoms with van der Waals surface area (Å²) in [5, 5.41) is 4.07. The third-order valence-corrected chi connectivity index (χ3v) is 6.48. The molecule has 164 valence electrons. The molecular weight excluding hydrogens is 416 g/mol. The summed E-state index contributed by atoms with van der Waals surface area (Å²) >= 11 is 0. The van der Waals surface area contributed by atoms with Gasteiger partial charge in [0.05, 0.1) is 39.9 Å². The van der Waals surface area contributed by atoms with Crippen molar-refractivity contribution in [3.8, 4) is 16.9 Å². The number of furan rings is 1. The molecule has 0 amide bonds. The normalized spacial score (nSPS) is 14.7. The molecule has 1 atom stereocenters. The molecule has 0 radical (unpaired) electrons. The zero-order valence-corrected chi connectivity index (χ0v) is 18.5. The molecule has 1 aliphatic rings. The Morgan fingerprint density at radius 2 is 1.67 bits per heavy atom. The zero-order valence-electron chi connectivity index (χ0n) is 18.5. The average molecular weight is 438 g/mol. The lowest BCUT2D eigenvalue weighted by atomic mass is 10.1. The molecule has 6 rings (SSSR count). The van der Waals surface area contributed by atoms with Crippen LogP contribution in [0.25, 0.3) is 27.8 Å². The third kappa shape index (κ3) is 2.62. The highest BCUT2D eigenvalue weighted by molar-refractivity contribution is 5.99. The summed E-state index contributed by atoms with van der Waals surface area (Å²) in [6.45, 7) is 2.03. The van der Waals surface area contributed by atoms with E-state index in [1.165, 1.54) is 11.6 Å². The molecule has 4 heterocycles. The van der Waals surface area contributed by atoms with Crippen LogP contribution in [0.3, 0.4) is 0 Å². The van der Waals surface area contributed by atoms with Crippen LogP contribution in [-0.2, 0) is 14.1 Å². The maximum Gasteiger partial charge on any atom is 0.331 e. The number of hydrogen-bond donors (Lipinski definition) is 1. The second kappa shape index (κ2) is 6.87. The zero-order chi connectivity index (χ0) is 22.9. The van der Waals surface area contributed by atoms with Gasteiger partial charge in [0.25, 0.3) is 5.56 Å². The van der Waals surface area contributed by atoms with E-state index < -0.39 is 0 Å². The van der Waals surface area contributed by atoms with E-state index in [9.17, 15) is 9.59 Å². The van der Waals surface area contributed by atoms with E-state index in [-0.39, 0.29) is 17.3 Å². The topological polar surface area (TPSA) is 74.1 Å². The Labute approximate surface area is 189 Å². The molecular formula is C26H22N4O3. The number of benzene rings is 2. The molecule has 0 spiro atoms. The Hall–Kier alpha value is -4.26. The fraction of sp³-hybridized carbons (Fsp3) is 0.154. The van der Waals surface area contributed by atoms with Gasteiger partial charge >= 0.3 is 5.69 Å². The molecule has 5 aromatic rings. The van der Waals surface area contributed by atoms with Gasteiger partial charge in [-0.25, -0.2) is 4.79 Å². The Balaban J connectivity index is 1.88. The summed E-state index contributed by atoms with van der Waals surface area (Å²) in [5.41, 5.74) is 5.34. The minimum Gasteiger partial charge on any atom is -0.467 e. The molecule has 0 saturated heterocycles. The van der Waals surface area contributed by atoms with E-state index in [0.29, 0.717) is 16.7 Å². The summed E-state index contributed by atoms with van der Waals surface area (Å²) in [5.74, 6) is 0.703. The van der Waals surface area contributed by atoms with Crippen LogP contribution in [0.1, 0.15) is 23.1 Å². The van der Waals surface area contributed by atoms with Crippen LogP contribution in [0.4, 0.5) is 5.69 Å². The Morgan fingerprint density at radius 1 is 0.909 bits per heavy atom. The lowest BCUT2D eigenvalue weighted by Gasteiger charge is -2.29. The highest BCUT2D eigenvalue weighted by Gasteiger charge is 2.35. The van der Waals surface area contributed by atoms with E-state index in [0.717, 1.165) is 33.9 Å². The fourth-order valence-electron chi connectivity index (χ4n) is 4.87. The molecule has 1 aliphatic heterocycles. The standard InChI is InChI=1S/C26H22N4O3/c1-15-10-12-16(13-11-15)22-20-23(28(2)26(32)29(3)25(20)31)24-21(19-9-6-14-33-19)27-17-7-4-5-8-18(17)30(22)24/h4-14,21,27H,1-3H3/t21-/m1/s1. The lowest BCUT2D eigenvalue weighted by molar-refractivity contribution is 0.492. The van der Waals surface area contributed by atoms with E-state index in [4.69, 9.17) is 4.42 Å². The van der Waals surface area contributed by atoms with Crippen LogP contribution in [0, 0.1) is 6.92 Å². The van der Waals surface area contributed by atoms with Gasteiger partial charge in [-0.05, 0) is 36.8 Å². The monoisotopic (exact) mass is 438 g/mol. The number of nitrogens with one attached hydrogen (secondary N) is 1. The molecule has 0 unspecified atom stereocenters. The smallest absolute Gasteiger partial charge is 0.331 e. The number of fused-ring (bicyclic) bond motifs is 5. The van der Waals surface area contributed by atoms with Crippen molar-refractivity contribution in [2.75, 3.05) is 5.32 Å². The predicted molar refractivity (Wildman–Crippen MR) is 128 cm³/mol. The van der Waals surface area contributed by atoms with Gasteiger partial charge in [-0.2, -0.15) is 0 Å². The van der Waals surface area contributed by atoms with Gasteiger partial charge in [-0.3, -0.25) is 13.9 Å². The number of rotatable bonds is 2. The number of para-hydroxylation sites is 2. The van der Waals surface area contributed by atoms with Crippen LogP contribution in [0.5, 0.6) is 0 Å². The van der Waals surface area contributed by atoms with Crippen LogP contribution in [0.2, 0.25) is 0 Å². The molecule has 2 aromatic carbocycles. The van der Waals surface area contributed by atoms with Crippen molar-refractivity contribution < 1.29 is 4.42 Å². The second-order valence-corrected chi connectivity index (χ2v) is 8.47. The molecule has 0 aliphatic carbocycles. The van der Waals surface area contributed by atoms with Crippen LogP contribution >= 0.6 is 0 Å². The molecule has 0 saturated carbocycles. The van der Waals surface area contributed by atoms with Crippen molar-refractivity contribution in [3.63, 3.8) is 0 Å². The first-order valence-corrected chi connectivity index (χ1v) is 10.8. The predicted octanol–water partition coefficient (Wildman–Crippen LogP) is 4.11. The van der Waals surface area contributed by atoms with E-state index >= 15 is 0 Å². The van der Waals surface area contributed by atoms with E-state index in [2.05, 4.69) is 9.88 Å². The quantitative estimate of drug-likeness (QED) is 0.450. The van der Waals surface area contributed by atoms with Gasteiger partial charge < -0.3 is 14.3 Å². The summed E-state index contributed by atoms with van der Waals surface area (Å²) in [4.78, 5) is 26.6. The first-order chi connectivity index (χ1) is 16.0. The molecule has 0 bridgehead atoms. The Morgan fingerprint density at radius 3 is 2.39 bits per heavy atom. The first-order valence-electron chi connectivity index (χ1n) is 10.8. The van der Waals surface area contributed by atoms with Crippen molar-refractivity contribution in [2.24, 2.45) is 14.1 Å². The van der Waals surface area contributed by atoms with Crippen molar-refractivity contribution in [1.29, 1.82) is 0 Å². The van der Waals surface area contributed by atoms with Gasteiger partial charge in [0.15, 0.2) is 0 Å². The number of hydrogen-bond acceptors (Lipinski definition) is 4. The van der Waals surface area contributed by atoms with Gasteiger partial charge in [0, 0.05) is 14.1 Å². The second-order valence-electron chi connectivity index (χ2n) is 8.47. The van der Waals surface area contributed by atoms with Crippen molar-refractivity contribution in [1.82, 2.24) is 13.7 Å². The summed E-state index contributed by atoms with van der Waals surface area (Å²) < 4.78 is 10.6. The van der Waals surface area contributed by atoms with Gasteiger partial charge in [-0.15, -0.1) is 0 Å². The average Bonchev–Trinajstić information content (AvgIpc) is 3.48. The van der Waals surface area contributed by atoms with Crippen LogP contribution < -0.4 is 16.6 Å². The van der Waals surface area contributed by atoms with E-state index in [1.54, 1.807) is 17.9 Å². The highest BCUT2D eigenvalue weighted by atomic mass is 16.3. The van der Waals surface area contributed by atoms with Gasteiger partial charge in [-0.1, -0.05) is 42.0 Å².